The quantitative estimate of drug-likeness (QED) is 0.594. The smallest absolute Gasteiger partial charge is 0.235 e. The number of benzene rings is 1. The Bertz CT molecular complexity index is 450. The van der Waals surface area contributed by atoms with Crippen LogP contribution in [0.4, 0.5) is 0 Å². The largest absolute Gasteiger partial charge is 0.490 e. The molecule has 0 N–H and O–H groups in total. The number of ether oxygens (including phenoxy) is 2. The minimum atomic E-state index is 0.351. The number of aliphatic imine (C=N–C) groups is 1. The lowest BCUT2D eigenvalue weighted by atomic mass is 10.0. The van der Waals surface area contributed by atoms with Crippen molar-refractivity contribution in [2.24, 2.45) is 4.99 Å². The van der Waals surface area contributed by atoms with Gasteiger partial charge in [-0.3, -0.25) is 0 Å². The fourth-order valence-corrected chi connectivity index (χ4v) is 1.99. The molecule has 0 atom stereocenters. The summed E-state index contributed by atoms with van der Waals surface area (Å²) in [6.45, 7) is 3.75. The SMILES string of the molecule is CCc1c(CN=C=O)ccc2c1OCCCO2. The maximum Gasteiger partial charge on any atom is 0.235 e. The van der Waals surface area contributed by atoms with E-state index in [2.05, 4.69) is 11.9 Å². The predicted molar refractivity (Wildman–Crippen MR) is 63.3 cm³/mol. The lowest BCUT2D eigenvalue weighted by Gasteiger charge is -2.14. The molecule has 0 bridgehead atoms. The molecule has 0 unspecified atom stereocenters. The molecule has 90 valence electrons. The molecule has 4 heteroatoms. The van der Waals surface area contributed by atoms with Crippen LogP contribution in [0.1, 0.15) is 24.5 Å². The summed E-state index contributed by atoms with van der Waals surface area (Å²) in [5.74, 6) is 1.60. The number of hydrogen-bond donors (Lipinski definition) is 0. The van der Waals surface area contributed by atoms with Gasteiger partial charge in [-0.25, -0.2) is 9.79 Å². The molecule has 0 aliphatic carbocycles. The number of fused-ring (bicyclic) bond motifs is 1. The van der Waals surface area contributed by atoms with E-state index in [1.54, 1.807) is 6.08 Å². The first-order valence-electron chi connectivity index (χ1n) is 5.80. The van der Waals surface area contributed by atoms with Crippen molar-refractivity contribution in [3.63, 3.8) is 0 Å². The molecule has 0 fully saturated rings. The van der Waals surface area contributed by atoms with Crippen molar-refractivity contribution in [2.75, 3.05) is 13.2 Å². The second-order valence-corrected chi connectivity index (χ2v) is 3.84. The van der Waals surface area contributed by atoms with E-state index in [9.17, 15) is 4.79 Å². The Balaban J connectivity index is 2.42. The second-order valence-electron chi connectivity index (χ2n) is 3.84. The molecule has 1 aliphatic rings. The zero-order valence-corrected chi connectivity index (χ0v) is 9.86. The van der Waals surface area contributed by atoms with E-state index in [1.165, 1.54) is 0 Å². The summed E-state index contributed by atoms with van der Waals surface area (Å²) in [6, 6.07) is 3.82. The summed E-state index contributed by atoms with van der Waals surface area (Å²) in [4.78, 5) is 13.8. The third-order valence-electron chi connectivity index (χ3n) is 2.78. The molecule has 0 saturated carbocycles. The molecule has 17 heavy (non-hydrogen) atoms. The Labute approximate surface area is 100 Å². The van der Waals surface area contributed by atoms with Gasteiger partial charge >= 0.3 is 0 Å². The highest BCUT2D eigenvalue weighted by Crippen LogP contribution is 2.36. The predicted octanol–water partition coefficient (Wildman–Crippen LogP) is 2.25. The minimum absolute atomic E-state index is 0.351. The summed E-state index contributed by atoms with van der Waals surface area (Å²) in [5, 5.41) is 0. The summed E-state index contributed by atoms with van der Waals surface area (Å²) in [6.07, 6.45) is 3.28. The minimum Gasteiger partial charge on any atom is -0.490 e. The van der Waals surface area contributed by atoms with Crippen LogP contribution in [-0.4, -0.2) is 19.3 Å². The van der Waals surface area contributed by atoms with Crippen LogP contribution in [0.3, 0.4) is 0 Å². The van der Waals surface area contributed by atoms with Crippen LogP contribution < -0.4 is 9.47 Å². The summed E-state index contributed by atoms with van der Waals surface area (Å²) in [7, 11) is 0. The van der Waals surface area contributed by atoms with E-state index in [0.29, 0.717) is 19.8 Å². The van der Waals surface area contributed by atoms with Gasteiger partial charge in [0.2, 0.25) is 6.08 Å². The van der Waals surface area contributed by atoms with Gasteiger partial charge in [0.05, 0.1) is 19.8 Å². The third kappa shape index (κ3) is 2.48. The molecule has 1 heterocycles. The second kappa shape index (κ2) is 5.51. The highest BCUT2D eigenvalue weighted by Gasteiger charge is 2.16. The van der Waals surface area contributed by atoms with Crippen molar-refractivity contribution in [1.29, 1.82) is 0 Å². The van der Waals surface area contributed by atoms with Gasteiger partial charge in [0.1, 0.15) is 0 Å². The molecular weight excluding hydrogens is 218 g/mol. The maximum atomic E-state index is 10.2. The fourth-order valence-electron chi connectivity index (χ4n) is 1.99. The Kier molecular flexibility index (Phi) is 3.78. The van der Waals surface area contributed by atoms with Gasteiger partial charge in [0.15, 0.2) is 11.5 Å². The molecule has 1 aromatic carbocycles. The van der Waals surface area contributed by atoms with Crippen molar-refractivity contribution in [3.05, 3.63) is 23.3 Å². The van der Waals surface area contributed by atoms with E-state index in [1.807, 2.05) is 12.1 Å². The first kappa shape index (κ1) is 11.7. The highest BCUT2D eigenvalue weighted by molar-refractivity contribution is 5.51. The lowest BCUT2D eigenvalue weighted by Crippen LogP contribution is -2.00. The molecule has 2 rings (SSSR count). The zero-order chi connectivity index (χ0) is 12.1. The molecule has 0 radical (unpaired) electrons. The van der Waals surface area contributed by atoms with Gasteiger partial charge in [0.25, 0.3) is 0 Å². The van der Waals surface area contributed by atoms with Crippen molar-refractivity contribution in [1.82, 2.24) is 0 Å². The zero-order valence-electron chi connectivity index (χ0n) is 9.86. The fraction of sp³-hybridized carbons (Fsp3) is 0.462. The maximum absolute atomic E-state index is 10.2. The van der Waals surface area contributed by atoms with E-state index in [4.69, 9.17) is 9.47 Å². The Hall–Kier alpha value is -1.80. The lowest BCUT2D eigenvalue weighted by molar-refractivity contribution is 0.296. The van der Waals surface area contributed by atoms with E-state index in [-0.39, 0.29) is 0 Å². The molecule has 1 aliphatic heterocycles. The first-order chi connectivity index (χ1) is 8.36. The average Bonchev–Trinajstić information content (AvgIpc) is 2.60. The van der Waals surface area contributed by atoms with Crippen LogP contribution in [0.2, 0.25) is 0 Å². The van der Waals surface area contributed by atoms with Crippen LogP contribution >= 0.6 is 0 Å². The number of rotatable bonds is 3. The molecule has 0 saturated heterocycles. The highest BCUT2D eigenvalue weighted by atomic mass is 16.5. The molecule has 0 aromatic heterocycles. The molecule has 0 spiro atoms. The van der Waals surface area contributed by atoms with Crippen LogP contribution in [-0.2, 0) is 17.8 Å². The van der Waals surface area contributed by atoms with Gasteiger partial charge in [-0.05, 0) is 18.1 Å². The van der Waals surface area contributed by atoms with Gasteiger partial charge in [-0.2, -0.15) is 0 Å². The van der Waals surface area contributed by atoms with Crippen LogP contribution in [0.15, 0.2) is 17.1 Å². The first-order valence-corrected chi connectivity index (χ1v) is 5.80. The van der Waals surface area contributed by atoms with Crippen LogP contribution in [0, 0.1) is 0 Å². The topological polar surface area (TPSA) is 47.9 Å². The molecule has 1 aromatic rings. The van der Waals surface area contributed by atoms with E-state index < -0.39 is 0 Å². The normalized spacial score (nSPS) is 13.7. The van der Waals surface area contributed by atoms with E-state index >= 15 is 0 Å². The number of nitrogens with zero attached hydrogens (tertiary/aromatic N) is 1. The van der Waals surface area contributed by atoms with Crippen molar-refractivity contribution in [3.8, 4) is 11.5 Å². The number of isocyanates is 1. The molecule has 4 nitrogen and oxygen atoms in total. The molecular formula is C13H15NO3. The van der Waals surface area contributed by atoms with Crippen molar-refractivity contribution in [2.45, 2.75) is 26.3 Å². The summed E-state index contributed by atoms with van der Waals surface area (Å²) in [5.41, 5.74) is 2.07. The van der Waals surface area contributed by atoms with Crippen LogP contribution in [0.5, 0.6) is 11.5 Å². The number of carbonyl (C=O) groups excluding carboxylic acids is 1. The Morgan fingerprint density at radius 1 is 1.35 bits per heavy atom. The average molecular weight is 233 g/mol. The van der Waals surface area contributed by atoms with Gasteiger partial charge in [-0.1, -0.05) is 13.0 Å². The van der Waals surface area contributed by atoms with E-state index in [0.717, 1.165) is 35.5 Å². The summed E-state index contributed by atoms with van der Waals surface area (Å²) < 4.78 is 11.3. The van der Waals surface area contributed by atoms with Crippen molar-refractivity contribution >= 4 is 6.08 Å². The number of hydrogen-bond acceptors (Lipinski definition) is 4. The van der Waals surface area contributed by atoms with Crippen molar-refractivity contribution < 1.29 is 14.3 Å². The Morgan fingerprint density at radius 2 is 2.18 bits per heavy atom. The third-order valence-corrected chi connectivity index (χ3v) is 2.78. The summed E-state index contributed by atoms with van der Waals surface area (Å²) >= 11 is 0. The van der Waals surface area contributed by atoms with Gasteiger partial charge in [0, 0.05) is 12.0 Å². The van der Waals surface area contributed by atoms with Gasteiger partial charge < -0.3 is 9.47 Å². The van der Waals surface area contributed by atoms with Gasteiger partial charge in [-0.15, -0.1) is 0 Å². The monoisotopic (exact) mass is 233 g/mol. The Morgan fingerprint density at radius 3 is 2.94 bits per heavy atom. The molecule has 0 amide bonds. The van der Waals surface area contributed by atoms with Crippen LogP contribution in [0.25, 0.3) is 0 Å². The standard InChI is InChI=1S/C13H15NO3/c1-2-11-10(8-14-9-15)4-5-12-13(11)17-7-3-6-16-12/h4-5H,2-3,6-8H2,1H3.